The molecule has 0 saturated carbocycles. The lowest BCUT2D eigenvalue weighted by Gasteiger charge is -2.36. The van der Waals surface area contributed by atoms with Crippen molar-refractivity contribution in [1.29, 1.82) is 0 Å². The quantitative estimate of drug-likeness (QED) is 0.254. The van der Waals surface area contributed by atoms with Crippen LogP contribution in [0.5, 0.6) is 5.75 Å². The molecule has 43 heavy (non-hydrogen) atoms. The molecule has 0 aliphatic carbocycles. The number of aromatic amines is 1. The summed E-state index contributed by atoms with van der Waals surface area (Å²) in [5.41, 5.74) is 3.60. The van der Waals surface area contributed by atoms with Gasteiger partial charge in [-0.25, -0.2) is 14.5 Å². The van der Waals surface area contributed by atoms with Crippen LogP contribution in [0.1, 0.15) is 53.5 Å². The predicted octanol–water partition coefficient (Wildman–Crippen LogP) is 4.89. The van der Waals surface area contributed by atoms with Gasteiger partial charge in [0.1, 0.15) is 23.9 Å². The van der Waals surface area contributed by atoms with Crippen molar-refractivity contribution < 1.29 is 29.0 Å². The Balaban J connectivity index is 1.44. The minimum absolute atomic E-state index is 0.0421. The molecule has 1 saturated heterocycles. The number of aliphatic carboxylic acids is 1. The minimum atomic E-state index is -1.15. The number of carbonyl (C=O) groups is 4. The molecule has 10 nitrogen and oxygen atoms in total. The second-order valence-corrected chi connectivity index (χ2v) is 11.0. The van der Waals surface area contributed by atoms with Gasteiger partial charge < -0.3 is 20.1 Å². The van der Waals surface area contributed by atoms with Gasteiger partial charge in [-0.2, -0.15) is 0 Å². The number of carbonyl (C=O) groups excluding carboxylic acids is 3. The Morgan fingerprint density at radius 3 is 2.56 bits per heavy atom. The first-order valence-corrected chi connectivity index (χ1v) is 14.3. The molecule has 10 heteroatoms. The molecule has 2 aliphatic heterocycles. The molecule has 3 aromatic carbocycles. The number of imide groups is 1. The summed E-state index contributed by atoms with van der Waals surface area (Å²) in [6.45, 7) is 3.59. The number of carboxylic acids is 1. The van der Waals surface area contributed by atoms with Gasteiger partial charge in [0.25, 0.3) is 11.8 Å². The van der Waals surface area contributed by atoms with E-state index in [2.05, 4.69) is 10.3 Å². The second-order valence-electron chi connectivity index (χ2n) is 11.0. The number of benzene rings is 3. The molecule has 6 rings (SSSR count). The molecule has 0 spiro atoms. The van der Waals surface area contributed by atoms with Gasteiger partial charge in [0, 0.05) is 23.0 Å². The van der Waals surface area contributed by atoms with E-state index in [1.807, 2.05) is 55.5 Å². The number of ether oxygens (including phenoxy) is 1. The third-order valence-corrected chi connectivity index (χ3v) is 8.61. The minimum Gasteiger partial charge on any atom is -0.497 e. The summed E-state index contributed by atoms with van der Waals surface area (Å²) in [5.74, 6) is -1.99. The van der Waals surface area contributed by atoms with E-state index in [1.165, 1.54) is 12.1 Å². The highest BCUT2D eigenvalue weighted by Crippen LogP contribution is 2.45. The van der Waals surface area contributed by atoms with Gasteiger partial charge in [-0.1, -0.05) is 62.7 Å². The number of H-pyrrole nitrogens is 1. The number of para-hydroxylation sites is 2. The molecule has 0 bridgehead atoms. The third kappa shape index (κ3) is 4.59. The number of nitrogens with one attached hydrogen (secondary N) is 2. The molecule has 4 amide bonds. The molecule has 1 aromatic heterocycles. The first-order chi connectivity index (χ1) is 20.7. The van der Waals surface area contributed by atoms with Crippen LogP contribution in [0.4, 0.5) is 10.5 Å². The first-order valence-electron chi connectivity index (χ1n) is 14.3. The summed E-state index contributed by atoms with van der Waals surface area (Å²) in [4.78, 5) is 60.0. The Labute approximate surface area is 248 Å². The van der Waals surface area contributed by atoms with Crippen LogP contribution in [-0.4, -0.2) is 58.0 Å². The highest BCUT2D eigenvalue weighted by atomic mass is 16.5. The van der Waals surface area contributed by atoms with E-state index in [0.29, 0.717) is 18.6 Å². The average Bonchev–Trinajstić information content (AvgIpc) is 3.51. The maximum atomic E-state index is 14.3. The standard InChI is InChI=1S/C33H32N4O6/c1-4-18(2)27(32(40)41)35-30(38)22-13-6-8-15-25(22)37-31(39)26-17-23-21-12-5-7-14-24(21)34-28(23)29(36(26)33(37)42)19-10-9-11-20(16-19)43-3/h5-16,18,26-27,29,34H,4,17H2,1-3H3,(H,35,38)(H,40,41)/t18-,26+,27+,29+/m1/s1. The highest BCUT2D eigenvalue weighted by Gasteiger charge is 2.53. The predicted molar refractivity (Wildman–Crippen MR) is 160 cm³/mol. The van der Waals surface area contributed by atoms with Crippen molar-refractivity contribution in [2.24, 2.45) is 5.92 Å². The Morgan fingerprint density at radius 2 is 1.81 bits per heavy atom. The van der Waals surface area contributed by atoms with Crippen molar-refractivity contribution in [3.05, 3.63) is 95.2 Å². The number of carboxylic acid groups (broad SMARTS) is 1. The number of rotatable bonds is 8. The van der Waals surface area contributed by atoms with Crippen molar-refractivity contribution in [3.63, 3.8) is 0 Å². The number of amides is 4. The number of methoxy groups -OCH3 is 1. The Bertz CT molecular complexity index is 1760. The molecule has 220 valence electrons. The zero-order chi connectivity index (χ0) is 30.4. The van der Waals surface area contributed by atoms with E-state index in [9.17, 15) is 24.3 Å². The van der Waals surface area contributed by atoms with Gasteiger partial charge in [-0.05, 0) is 47.4 Å². The van der Waals surface area contributed by atoms with Crippen LogP contribution in [0.15, 0.2) is 72.8 Å². The SMILES string of the molecule is CC[C@@H](C)[C@H](NC(=O)c1ccccc1N1C(=O)[C@@H]2Cc3c([nH]c4ccccc34)[C@H](c3cccc(OC)c3)N2C1=O)C(=O)O. The Morgan fingerprint density at radius 1 is 1.07 bits per heavy atom. The average molecular weight is 581 g/mol. The van der Waals surface area contributed by atoms with Crippen LogP contribution in [0, 0.1) is 5.92 Å². The normalized spacial score (nSPS) is 19.1. The van der Waals surface area contributed by atoms with E-state index >= 15 is 0 Å². The van der Waals surface area contributed by atoms with Crippen molar-refractivity contribution in [1.82, 2.24) is 15.2 Å². The lowest BCUT2D eigenvalue weighted by atomic mass is 9.89. The lowest BCUT2D eigenvalue weighted by Crippen LogP contribution is -2.45. The van der Waals surface area contributed by atoms with Gasteiger partial charge >= 0.3 is 12.0 Å². The van der Waals surface area contributed by atoms with Crippen molar-refractivity contribution >= 4 is 40.4 Å². The monoisotopic (exact) mass is 580 g/mol. The Kier molecular flexibility index (Phi) is 7.13. The van der Waals surface area contributed by atoms with E-state index in [0.717, 1.165) is 32.6 Å². The molecule has 1 fully saturated rings. The van der Waals surface area contributed by atoms with Crippen molar-refractivity contribution in [3.8, 4) is 5.75 Å². The number of hydrogen-bond acceptors (Lipinski definition) is 5. The second kappa shape index (κ2) is 10.9. The zero-order valence-electron chi connectivity index (χ0n) is 24.0. The molecule has 3 heterocycles. The number of urea groups is 1. The van der Waals surface area contributed by atoms with E-state index in [1.54, 1.807) is 31.1 Å². The van der Waals surface area contributed by atoms with Gasteiger partial charge in [-0.15, -0.1) is 0 Å². The first kappa shape index (κ1) is 28.0. The van der Waals surface area contributed by atoms with Crippen molar-refractivity contribution in [2.45, 2.75) is 44.8 Å². The van der Waals surface area contributed by atoms with Crippen molar-refractivity contribution in [2.75, 3.05) is 12.0 Å². The third-order valence-electron chi connectivity index (χ3n) is 8.61. The van der Waals surface area contributed by atoms with Gasteiger partial charge in [0.2, 0.25) is 0 Å². The maximum absolute atomic E-state index is 14.3. The van der Waals surface area contributed by atoms with Gasteiger partial charge in [0.15, 0.2) is 0 Å². The topological polar surface area (TPSA) is 132 Å². The summed E-state index contributed by atoms with van der Waals surface area (Å²) in [5, 5.41) is 13.3. The van der Waals surface area contributed by atoms with Crippen LogP contribution in [-0.2, 0) is 16.0 Å². The van der Waals surface area contributed by atoms with Crippen LogP contribution >= 0.6 is 0 Å². The summed E-state index contributed by atoms with van der Waals surface area (Å²) < 4.78 is 5.48. The Hall–Kier alpha value is -5.12. The zero-order valence-corrected chi connectivity index (χ0v) is 24.0. The summed E-state index contributed by atoms with van der Waals surface area (Å²) in [7, 11) is 1.57. The summed E-state index contributed by atoms with van der Waals surface area (Å²) >= 11 is 0. The summed E-state index contributed by atoms with van der Waals surface area (Å²) in [6.07, 6.45) is 0.837. The number of fused-ring (bicyclic) bond motifs is 4. The fraction of sp³-hybridized carbons (Fsp3) is 0.273. The fourth-order valence-electron chi connectivity index (χ4n) is 6.22. The summed E-state index contributed by atoms with van der Waals surface area (Å²) in [6, 6.07) is 18.4. The molecule has 4 aromatic rings. The van der Waals surface area contributed by atoms with Gasteiger partial charge in [-0.3, -0.25) is 14.5 Å². The molecular weight excluding hydrogens is 548 g/mol. The number of hydrogen-bond donors (Lipinski definition) is 3. The van der Waals surface area contributed by atoms with E-state index < -0.39 is 41.9 Å². The molecule has 0 unspecified atom stereocenters. The smallest absolute Gasteiger partial charge is 0.332 e. The highest BCUT2D eigenvalue weighted by molar-refractivity contribution is 6.24. The van der Waals surface area contributed by atoms with Crippen LogP contribution < -0.4 is 15.0 Å². The van der Waals surface area contributed by atoms with Crippen LogP contribution in [0.3, 0.4) is 0 Å². The van der Waals surface area contributed by atoms with Crippen LogP contribution in [0.2, 0.25) is 0 Å². The largest absolute Gasteiger partial charge is 0.497 e. The molecule has 0 radical (unpaired) electrons. The fourth-order valence-corrected chi connectivity index (χ4v) is 6.22. The molecule has 3 N–H and O–H groups in total. The van der Waals surface area contributed by atoms with Crippen LogP contribution in [0.25, 0.3) is 10.9 Å². The number of anilines is 1. The number of nitrogens with zero attached hydrogens (tertiary/aromatic N) is 2. The lowest BCUT2D eigenvalue weighted by molar-refractivity contribution is -0.140. The molecule has 4 atom stereocenters. The van der Waals surface area contributed by atoms with E-state index in [4.69, 9.17) is 4.74 Å². The molecule has 2 aliphatic rings. The number of aromatic nitrogens is 1. The molecular formula is C33H32N4O6. The van der Waals surface area contributed by atoms with E-state index in [-0.39, 0.29) is 17.2 Å². The van der Waals surface area contributed by atoms with Gasteiger partial charge in [0.05, 0.1) is 18.4 Å². The maximum Gasteiger partial charge on any atom is 0.332 e.